The van der Waals surface area contributed by atoms with Crippen LogP contribution in [0.4, 0.5) is 5.69 Å². The summed E-state index contributed by atoms with van der Waals surface area (Å²) in [4.78, 5) is 23.4. The summed E-state index contributed by atoms with van der Waals surface area (Å²) in [6, 6.07) is 5.33. The summed E-state index contributed by atoms with van der Waals surface area (Å²) in [5, 5.41) is 12.4. The number of halogens is 1. The number of amides is 1. The minimum Gasteiger partial charge on any atom is -0.481 e. The van der Waals surface area contributed by atoms with Crippen molar-refractivity contribution < 1.29 is 14.7 Å². The maximum Gasteiger partial charge on any atom is 0.307 e. The van der Waals surface area contributed by atoms with Gasteiger partial charge in [-0.3, -0.25) is 9.59 Å². The Morgan fingerprint density at radius 3 is 2.50 bits per heavy atom. The normalized spacial score (nSPS) is 21.5. The molecule has 1 aromatic carbocycles. The quantitative estimate of drug-likeness (QED) is 0.841. The molecule has 0 aromatic heterocycles. The Balaban J connectivity index is 2.14. The van der Waals surface area contributed by atoms with Crippen LogP contribution in [0.1, 0.15) is 18.4 Å². The first-order chi connectivity index (χ1) is 9.49. The molecule has 4 nitrogen and oxygen atoms in total. The van der Waals surface area contributed by atoms with E-state index in [1.165, 1.54) is 0 Å². The molecule has 2 atom stereocenters. The summed E-state index contributed by atoms with van der Waals surface area (Å²) in [5.41, 5.74) is 1.51. The van der Waals surface area contributed by atoms with Gasteiger partial charge in [0.25, 0.3) is 0 Å². The molecule has 1 amide bonds. The molecule has 20 heavy (non-hydrogen) atoms. The fraction of sp³-hybridized carbons (Fsp3) is 0.333. The van der Waals surface area contributed by atoms with Crippen molar-refractivity contribution in [2.24, 2.45) is 11.8 Å². The lowest BCUT2D eigenvalue weighted by atomic mass is 9.82. The van der Waals surface area contributed by atoms with Gasteiger partial charge in [0.05, 0.1) is 22.5 Å². The van der Waals surface area contributed by atoms with Gasteiger partial charge in [-0.25, -0.2) is 0 Å². The molecule has 0 bridgehead atoms. The molecule has 0 spiro atoms. The largest absolute Gasteiger partial charge is 0.481 e. The number of allylic oxidation sites excluding steroid dienone is 2. The highest BCUT2D eigenvalue weighted by Crippen LogP contribution is 2.29. The van der Waals surface area contributed by atoms with E-state index < -0.39 is 17.8 Å². The van der Waals surface area contributed by atoms with Gasteiger partial charge < -0.3 is 10.4 Å². The maximum absolute atomic E-state index is 12.3. The molecule has 2 rings (SSSR count). The first-order valence-electron chi connectivity index (χ1n) is 6.44. The number of carboxylic acids is 1. The highest BCUT2D eigenvalue weighted by Gasteiger charge is 2.34. The van der Waals surface area contributed by atoms with Gasteiger partial charge in [-0.15, -0.1) is 0 Å². The minimum atomic E-state index is -0.940. The predicted octanol–water partition coefficient (Wildman–Crippen LogP) is 3.25. The van der Waals surface area contributed by atoms with Crippen LogP contribution in [0.2, 0.25) is 5.02 Å². The Bertz CT molecular complexity index is 568. The van der Waals surface area contributed by atoms with E-state index in [2.05, 4.69) is 5.32 Å². The minimum absolute atomic E-state index is 0.299. The second-order valence-corrected chi connectivity index (χ2v) is 5.37. The lowest BCUT2D eigenvalue weighted by molar-refractivity contribution is -0.146. The molecule has 0 saturated heterocycles. The molecule has 5 heteroatoms. The van der Waals surface area contributed by atoms with Gasteiger partial charge in [0, 0.05) is 0 Å². The van der Waals surface area contributed by atoms with Crippen LogP contribution in [0.3, 0.4) is 0 Å². The van der Waals surface area contributed by atoms with Crippen molar-refractivity contribution in [1.29, 1.82) is 0 Å². The molecular weight excluding hydrogens is 278 g/mol. The number of aliphatic carboxylic acids is 1. The highest BCUT2D eigenvalue weighted by molar-refractivity contribution is 6.33. The number of aryl methyl sites for hydroxylation is 1. The first-order valence-corrected chi connectivity index (χ1v) is 6.81. The summed E-state index contributed by atoms with van der Waals surface area (Å²) < 4.78 is 0. The average Bonchev–Trinajstić information content (AvgIpc) is 2.41. The fourth-order valence-electron chi connectivity index (χ4n) is 2.32. The number of carboxylic acid groups (broad SMARTS) is 1. The van der Waals surface area contributed by atoms with Crippen LogP contribution in [0.5, 0.6) is 0 Å². The molecule has 1 aliphatic carbocycles. The van der Waals surface area contributed by atoms with Crippen molar-refractivity contribution in [2.75, 3.05) is 5.32 Å². The van der Waals surface area contributed by atoms with Gasteiger partial charge in [0.1, 0.15) is 0 Å². The summed E-state index contributed by atoms with van der Waals surface area (Å²) in [7, 11) is 0. The Kier molecular flexibility index (Phi) is 4.45. The Labute approximate surface area is 122 Å². The fourth-order valence-corrected chi connectivity index (χ4v) is 2.61. The number of benzene rings is 1. The zero-order valence-corrected chi connectivity index (χ0v) is 11.9. The van der Waals surface area contributed by atoms with E-state index >= 15 is 0 Å². The number of hydrogen-bond acceptors (Lipinski definition) is 2. The molecule has 1 aromatic rings. The Morgan fingerprint density at radius 1 is 1.25 bits per heavy atom. The second kappa shape index (κ2) is 6.09. The van der Waals surface area contributed by atoms with Crippen LogP contribution >= 0.6 is 11.6 Å². The van der Waals surface area contributed by atoms with Gasteiger partial charge in [0.2, 0.25) is 5.91 Å². The van der Waals surface area contributed by atoms with Gasteiger partial charge in [-0.2, -0.15) is 0 Å². The number of nitrogens with one attached hydrogen (secondary N) is 1. The van der Waals surface area contributed by atoms with E-state index in [0.29, 0.717) is 23.6 Å². The first kappa shape index (κ1) is 14.6. The van der Waals surface area contributed by atoms with Gasteiger partial charge in [0.15, 0.2) is 0 Å². The van der Waals surface area contributed by atoms with E-state index in [4.69, 9.17) is 11.6 Å². The van der Waals surface area contributed by atoms with Crippen LogP contribution in [0, 0.1) is 18.8 Å². The van der Waals surface area contributed by atoms with Crippen LogP contribution < -0.4 is 5.32 Å². The third-order valence-corrected chi connectivity index (χ3v) is 3.78. The maximum atomic E-state index is 12.3. The number of carbonyl (C=O) groups is 2. The highest BCUT2D eigenvalue weighted by atomic mass is 35.5. The topological polar surface area (TPSA) is 66.4 Å². The number of rotatable bonds is 3. The van der Waals surface area contributed by atoms with Crippen LogP contribution in [-0.2, 0) is 9.59 Å². The summed E-state index contributed by atoms with van der Waals surface area (Å²) >= 11 is 6.07. The van der Waals surface area contributed by atoms with Crippen LogP contribution in [0.15, 0.2) is 30.4 Å². The third-order valence-electron chi connectivity index (χ3n) is 3.47. The van der Waals surface area contributed by atoms with Crippen molar-refractivity contribution in [1.82, 2.24) is 0 Å². The standard InChI is InChI=1S/C15H16ClNO3/c1-9-6-7-13(12(16)8-9)17-14(18)10-4-2-3-5-11(10)15(19)20/h2-3,6-8,10-11H,4-5H2,1H3,(H,17,18)(H,19,20)/t10-,11+/m0/s1. The number of hydrogen-bond donors (Lipinski definition) is 2. The van der Waals surface area contributed by atoms with Crippen molar-refractivity contribution in [3.05, 3.63) is 40.9 Å². The van der Waals surface area contributed by atoms with E-state index in [1.54, 1.807) is 18.2 Å². The van der Waals surface area contributed by atoms with E-state index in [1.807, 2.05) is 19.1 Å². The average molecular weight is 294 g/mol. The molecule has 0 heterocycles. The van der Waals surface area contributed by atoms with Crippen LogP contribution in [-0.4, -0.2) is 17.0 Å². The molecular formula is C15H16ClNO3. The second-order valence-electron chi connectivity index (χ2n) is 4.97. The monoisotopic (exact) mass is 293 g/mol. The van der Waals surface area contributed by atoms with Gasteiger partial charge >= 0.3 is 5.97 Å². The Morgan fingerprint density at radius 2 is 1.90 bits per heavy atom. The van der Waals surface area contributed by atoms with E-state index in [-0.39, 0.29) is 5.91 Å². The van der Waals surface area contributed by atoms with Crippen molar-refractivity contribution >= 4 is 29.2 Å². The smallest absolute Gasteiger partial charge is 0.307 e. The van der Waals surface area contributed by atoms with Crippen molar-refractivity contribution in [3.63, 3.8) is 0 Å². The zero-order chi connectivity index (χ0) is 14.7. The van der Waals surface area contributed by atoms with Gasteiger partial charge in [-0.05, 0) is 37.5 Å². The van der Waals surface area contributed by atoms with E-state index in [0.717, 1.165) is 5.56 Å². The molecule has 0 unspecified atom stereocenters. The Hall–Kier alpha value is -1.81. The summed E-state index contributed by atoms with van der Waals surface area (Å²) in [5.74, 6) is -2.48. The summed E-state index contributed by atoms with van der Waals surface area (Å²) in [6.07, 6.45) is 4.48. The number of carbonyl (C=O) groups excluding carboxylic acids is 1. The lowest BCUT2D eigenvalue weighted by Crippen LogP contribution is -2.34. The third kappa shape index (κ3) is 3.20. The molecule has 106 valence electrons. The van der Waals surface area contributed by atoms with Crippen molar-refractivity contribution in [3.8, 4) is 0 Å². The zero-order valence-electron chi connectivity index (χ0n) is 11.1. The SMILES string of the molecule is Cc1ccc(NC(=O)[C@H]2CC=CC[C@H]2C(=O)O)c(Cl)c1. The predicted molar refractivity (Wildman–Crippen MR) is 77.8 cm³/mol. The molecule has 0 radical (unpaired) electrons. The number of anilines is 1. The van der Waals surface area contributed by atoms with Crippen LogP contribution in [0.25, 0.3) is 0 Å². The summed E-state index contributed by atoms with van der Waals surface area (Å²) in [6.45, 7) is 1.91. The molecule has 2 N–H and O–H groups in total. The molecule has 0 aliphatic heterocycles. The van der Waals surface area contributed by atoms with Gasteiger partial charge in [-0.1, -0.05) is 29.8 Å². The molecule has 0 saturated carbocycles. The van der Waals surface area contributed by atoms with E-state index in [9.17, 15) is 14.7 Å². The lowest BCUT2D eigenvalue weighted by Gasteiger charge is -2.24. The molecule has 1 aliphatic rings. The molecule has 0 fully saturated rings. The van der Waals surface area contributed by atoms with Crippen molar-refractivity contribution in [2.45, 2.75) is 19.8 Å².